The second-order valence-corrected chi connectivity index (χ2v) is 10.6. The van der Waals surface area contributed by atoms with Crippen LogP contribution in [0.2, 0.25) is 0 Å². The molecule has 0 bridgehead atoms. The lowest BCUT2D eigenvalue weighted by molar-refractivity contribution is -0.123. The molecule has 1 amide bonds. The van der Waals surface area contributed by atoms with E-state index in [1.807, 2.05) is 32.9 Å². The molecule has 0 aromatic heterocycles. The second kappa shape index (κ2) is 6.60. The maximum atomic E-state index is 12.5. The number of aryl methyl sites for hydroxylation is 1. The average molecular weight is 384 g/mol. The van der Waals surface area contributed by atoms with E-state index in [1.165, 1.54) is 49.7 Å². The average Bonchev–Trinajstić information content (AvgIpc) is 3.01. The summed E-state index contributed by atoms with van der Waals surface area (Å²) in [5.41, 5.74) is 3.09. The van der Waals surface area contributed by atoms with Crippen LogP contribution in [0.15, 0.2) is 12.1 Å². The summed E-state index contributed by atoms with van der Waals surface area (Å²) in [4.78, 5) is 24.4. The van der Waals surface area contributed by atoms with Gasteiger partial charge in [0.25, 0.3) is 0 Å². The minimum Gasteiger partial charge on any atom is -0.478 e. The highest BCUT2D eigenvalue weighted by Gasteiger charge is 2.50. The van der Waals surface area contributed by atoms with E-state index in [-0.39, 0.29) is 11.5 Å². The van der Waals surface area contributed by atoms with Crippen LogP contribution in [-0.4, -0.2) is 17.0 Å². The Morgan fingerprint density at radius 1 is 1.14 bits per heavy atom. The van der Waals surface area contributed by atoms with Crippen molar-refractivity contribution < 1.29 is 14.7 Å². The number of benzene rings is 1. The highest BCUT2D eigenvalue weighted by atomic mass is 16.4. The molecule has 4 nitrogen and oxygen atoms in total. The van der Waals surface area contributed by atoms with Crippen molar-refractivity contribution in [1.29, 1.82) is 0 Å². The Balaban J connectivity index is 1.72. The number of hydrogen-bond acceptors (Lipinski definition) is 2. The lowest BCUT2D eigenvalue weighted by Gasteiger charge is -2.49. The Morgan fingerprint density at radius 2 is 1.89 bits per heavy atom. The van der Waals surface area contributed by atoms with Crippen LogP contribution in [0.5, 0.6) is 0 Å². The number of amides is 1. The fraction of sp³-hybridized carbons (Fsp3) is 0.667. The van der Waals surface area contributed by atoms with E-state index < -0.39 is 11.4 Å². The summed E-state index contributed by atoms with van der Waals surface area (Å²) in [6.07, 6.45) is 8.63. The van der Waals surface area contributed by atoms with Crippen LogP contribution in [0, 0.1) is 22.7 Å². The third kappa shape index (κ3) is 3.15. The van der Waals surface area contributed by atoms with Gasteiger partial charge in [-0.05, 0) is 85.0 Å². The van der Waals surface area contributed by atoms with E-state index >= 15 is 0 Å². The van der Waals surface area contributed by atoms with Crippen LogP contribution in [-0.2, 0) is 11.2 Å². The van der Waals surface area contributed by atoms with Gasteiger partial charge < -0.3 is 10.4 Å². The fourth-order valence-electron chi connectivity index (χ4n) is 6.20. The van der Waals surface area contributed by atoms with Crippen molar-refractivity contribution >= 4 is 17.6 Å². The van der Waals surface area contributed by atoms with Gasteiger partial charge in [-0.15, -0.1) is 0 Å². The molecule has 3 aliphatic rings. The molecule has 4 heteroatoms. The molecule has 152 valence electrons. The summed E-state index contributed by atoms with van der Waals surface area (Å²) >= 11 is 0. The van der Waals surface area contributed by atoms with Gasteiger partial charge in [0, 0.05) is 5.41 Å². The quantitative estimate of drug-likeness (QED) is 0.697. The van der Waals surface area contributed by atoms with Gasteiger partial charge in [0.05, 0.1) is 11.3 Å². The monoisotopic (exact) mass is 383 g/mol. The summed E-state index contributed by atoms with van der Waals surface area (Å²) in [7, 11) is 0. The van der Waals surface area contributed by atoms with Crippen molar-refractivity contribution in [2.24, 2.45) is 22.7 Å². The first kappa shape index (κ1) is 19.5. The maximum Gasteiger partial charge on any atom is 0.337 e. The number of carbonyl (C=O) groups is 2. The summed E-state index contributed by atoms with van der Waals surface area (Å²) in [5, 5.41) is 12.6. The predicted octanol–water partition coefficient (Wildman–Crippen LogP) is 5.62. The molecular weight excluding hydrogens is 350 g/mol. The van der Waals surface area contributed by atoms with Crippen molar-refractivity contribution in [2.75, 3.05) is 5.32 Å². The van der Waals surface area contributed by atoms with Gasteiger partial charge in [-0.2, -0.15) is 0 Å². The van der Waals surface area contributed by atoms with Crippen molar-refractivity contribution in [1.82, 2.24) is 0 Å². The van der Waals surface area contributed by atoms with Gasteiger partial charge in [-0.1, -0.05) is 34.1 Å². The molecular formula is C24H33NO3. The molecule has 0 saturated heterocycles. The van der Waals surface area contributed by atoms with Gasteiger partial charge in [-0.25, -0.2) is 4.79 Å². The molecule has 3 unspecified atom stereocenters. The van der Waals surface area contributed by atoms with Crippen LogP contribution >= 0.6 is 0 Å². The van der Waals surface area contributed by atoms with Gasteiger partial charge in [0.2, 0.25) is 5.91 Å². The molecule has 4 rings (SSSR count). The number of nitrogens with one attached hydrogen (secondary N) is 1. The topological polar surface area (TPSA) is 66.4 Å². The molecule has 2 saturated carbocycles. The van der Waals surface area contributed by atoms with E-state index in [0.29, 0.717) is 22.9 Å². The molecule has 3 aliphatic carbocycles. The number of carbonyl (C=O) groups excluding carboxylic acids is 1. The standard InChI is InChI=1S/C24H33NO3/c1-23(2,3)22(28)25-20-13-17-14(12-18(20)21(26)27)7-8-16-15(17)9-11-24(4)10-5-6-19(16)24/h12-13,15-16,19H,5-11H2,1-4H3,(H,25,28)(H,26,27)/t15?,16?,19?,24-/m0/s1. The van der Waals surface area contributed by atoms with E-state index in [1.54, 1.807) is 0 Å². The van der Waals surface area contributed by atoms with E-state index in [4.69, 9.17) is 0 Å². The van der Waals surface area contributed by atoms with Crippen molar-refractivity contribution in [3.05, 3.63) is 28.8 Å². The number of carboxylic acid groups (broad SMARTS) is 1. The number of hydrogen-bond donors (Lipinski definition) is 2. The first-order valence-corrected chi connectivity index (χ1v) is 10.8. The first-order chi connectivity index (χ1) is 13.1. The fourth-order valence-corrected chi connectivity index (χ4v) is 6.20. The van der Waals surface area contributed by atoms with Crippen molar-refractivity contribution in [3.63, 3.8) is 0 Å². The van der Waals surface area contributed by atoms with Crippen LogP contribution in [0.1, 0.15) is 93.6 Å². The normalized spacial score (nSPS) is 31.5. The summed E-state index contributed by atoms with van der Waals surface area (Å²) in [6, 6.07) is 3.82. The zero-order valence-electron chi connectivity index (χ0n) is 17.6. The minimum atomic E-state index is -0.971. The molecule has 1 aromatic carbocycles. The van der Waals surface area contributed by atoms with Crippen LogP contribution < -0.4 is 5.32 Å². The lowest BCUT2D eigenvalue weighted by Crippen LogP contribution is -2.39. The van der Waals surface area contributed by atoms with Crippen LogP contribution in [0.3, 0.4) is 0 Å². The van der Waals surface area contributed by atoms with E-state index in [2.05, 4.69) is 12.2 Å². The van der Waals surface area contributed by atoms with E-state index in [9.17, 15) is 14.7 Å². The molecule has 0 heterocycles. The minimum absolute atomic E-state index is 0.144. The summed E-state index contributed by atoms with van der Waals surface area (Å²) in [6.45, 7) is 8.02. The maximum absolute atomic E-state index is 12.5. The zero-order valence-corrected chi connectivity index (χ0v) is 17.6. The number of rotatable bonds is 2. The SMILES string of the molecule is CC(C)(C)C(=O)Nc1cc2c(cc1C(=O)O)CCC1C2CC[C@]2(C)CCCC12. The summed E-state index contributed by atoms with van der Waals surface area (Å²) in [5.74, 6) is 0.894. The van der Waals surface area contributed by atoms with Gasteiger partial charge in [-0.3, -0.25) is 4.79 Å². The van der Waals surface area contributed by atoms with Gasteiger partial charge in [0.1, 0.15) is 0 Å². The number of fused-ring (bicyclic) bond motifs is 5. The molecule has 0 spiro atoms. The largest absolute Gasteiger partial charge is 0.478 e. The third-order valence-corrected chi connectivity index (χ3v) is 7.80. The van der Waals surface area contributed by atoms with Crippen LogP contribution in [0.25, 0.3) is 0 Å². The summed E-state index contributed by atoms with van der Waals surface area (Å²) < 4.78 is 0. The van der Waals surface area contributed by atoms with Crippen molar-refractivity contribution in [2.45, 2.75) is 78.6 Å². The zero-order chi connectivity index (χ0) is 20.3. The molecule has 2 N–H and O–H groups in total. The Morgan fingerprint density at radius 3 is 2.57 bits per heavy atom. The highest BCUT2D eigenvalue weighted by molar-refractivity contribution is 6.02. The Bertz CT molecular complexity index is 822. The van der Waals surface area contributed by atoms with Gasteiger partial charge >= 0.3 is 5.97 Å². The van der Waals surface area contributed by atoms with Gasteiger partial charge in [0.15, 0.2) is 0 Å². The number of anilines is 1. The smallest absolute Gasteiger partial charge is 0.337 e. The molecule has 28 heavy (non-hydrogen) atoms. The number of carboxylic acids is 1. The molecule has 4 atom stereocenters. The first-order valence-electron chi connectivity index (χ1n) is 10.8. The lowest BCUT2D eigenvalue weighted by atomic mass is 9.56. The highest BCUT2D eigenvalue weighted by Crippen LogP contribution is 2.61. The second-order valence-electron chi connectivity index (χ2n) is 10.6. The molecule has 1 aromatic rings. The van der Waals surface area contributed by atoms with Crippen LogP contribution in [0.4, 0.5) is 5.69 Å². The molecule has 0 radical (unpaired) electrons. The number of aromatic carboxylic acids is 1. The molecule has 0 aliphatic heterocycles. The third-order valence-electron chi connectivity index (χ3n) is 7.80. The predicted molar refractivity (Wildman–Crippen MR) is 111 cm³/mol. The Hall–Kier alpha value is -1.84. The van der Waals surface area contributed by atoms with E-state index in [0.717, 1.165) is 12.3 Å². The Kier molecular flexibility index (Phi) is 4.59. The van der Waals surface area contributed by atoms with Crippen molar-refractivity contribution in [3.8, 4) is 0 Å². The Labute approximate surface area is 168 Å². The molecule has 2 fully saturated rings.